The monoisotopic (exact) mass is 1010 g/mol. The van der Waals surface area contributed by atoms with Gasteiger partial charge in [-0.05, 0) is 76.4 Å². The van der Waals surface area contributed by atoms with Crippen LogP contribution in [0.4, 0.5) is 5.82 Å². The molecule has 69 heavy (non-hydrogen) atoms. The predicted molar refractivity (Wildman–Crippen MR) is 261 cm³/mol. The fourth-order valence-electron chi connectivity index (χ4n) is 6.78. The zero-order valence-electron chi connectivity index (χ0n) is 40.3. The molecule has 1 aliphatic heterocycles. The maximum absolute atomic E-state index is 12.8. The number of rotatable bonds is 39. The Morgan fingerprint density at radius 1 is 0.754 bits per heavy atom. The minimum atomic E-state index is -5.45. The van der Waals surface area contributed by atoms with E-state index in [2.05, 4.69) is 65.7 Å². The average Bonchev–Trinajstić information content (AvgIpc) is 3.58. The summed E-state index contributed by atoms with van der Waals surface area (Å²) < 4.78 is 56.6. The number of phosphoric acid groups is 2. The topological polar surface area (TPSA) is 283 Å². The van der Waals surface area contributed by atoms with Crippen molar-refractivity contribution in [1.29, 1.82) is 0 Å². The molecule has 2 heterocycles. The maximum atomic E-state index is 12.8. The van der Waals surface area contributed by atoms with Crippen LogP contribution in [-0.2, 0) is 51.1 Å². The smallest absolute Gasteiger partial charge is 0.462 e. The largest absolute Gasteiger partial charge is 0.481 e. The Morgan fingerprint density at radius 2 is 1.35 bits per heavy atom. The molecule has 1 aromatic heterocycles. The van der Waals surface area contributed by atoms with Crippen LogP contribution in [0.3, 0.4) is 0 Å². The van der Waals surface area contributed by atoms with Gasteiger partial charge in [-0.25, -0.2) is 13.9 Å². The zero-order chi connectivity index (χ0) is 50.8. The van der Waals surface area contributed by atoms with Crippen molar-refractivity contribution < 1.29 is 71.1 Å². The van der Waals surface area contributed by atoms with Crippen LogP contribution >= 0.6 is 15.6 Å². The van der Waals surface area contributed by atoms with Crippen molar-refractivity contribution >= 4 is 39.2 Å². The number of nitrogen functional groups attached to an aromatic ring is 1. The number of phosphoric ester groups is 2. The van der Waals surface area contributed by atoms with Gasteiger partial charge in [0, 0.05) is 25.5 Å². The number of allylic oxidation sites excluding steroid dienone is 10. The molecule has 7 atom stereocenters. The van der Waals surface area contributed by atoms with Gasteiger partial charge in [-0.2, -0.15) is 9.29 Å². The number of esters is 2. The Hall–Kier alpha value is -3.87. The molecule has 2 unspecified atom stereocenters. The van der Waals surface area contributed by atoms with E-state index in [0.717, 1.165) is 101 Å². The van der Waals surface area contributed by atoms with E-state index in [-0.39, 0.29) is 24.4 Å². The van der Waals surface area contributed by atoms with Crippen molar-refractivity contribution in [3.8, 4) is 0 Å². The van der Waals surface area contributed by atoms with Gasteiger partial charge >= 0.3 is 33.3 Å². The van der Waals surface area contributed by atoms with Crippen LogP contribution in [0.2, 0.25) is 0 Å². The Labute approximate surface area is 407 Å². The molecule has 0 amide bonds. The minimum Gasteiger partial charge on any atom is -0.462 e. The summed E-state index contributed by atoms with van der Waals surface area (Å²) in [5.74, 6) is -1.36. The van der Waals surface area contributed by atoms with Crippen molar-refractivity contribution in [3.63, 3.8) is 0 Å². The lowest BCUT2D eigenvalue weighted by molar-refractivity contribution is -0.161. The molecule has 390 valence electrons. The van der Waals surface area contributed by atoms with Gasteiger partial charge in [-0.3, -0.25) is 28.0 Å². The second kappa shape index (κ2) is 36.1. The number of aromatic nitrogens is 2. The molecule has 6 N–H and O–H groups in total. The number of hydrogen-bond donors (Lipinski definition) is 5. The summed E-state index contributed by atoms with van der Waals surface area (Å²) in [4.78, 5) is 73.9. The van der Waals surface area contributed by atoms with E-state index in [0.29, 0.717) is 25.7 Å². The van der Waals surface area contributed by atoms with Crippen LogP contribution in [-0.4, -0.2) is 91.5 Å². The lowest BCUT2D eigenvalue weighted by atomic mass is 10.1. The first kappa shape index (κ1) is 61.3. The summed E-state index contributed by atoms with van der Waals surface area (Å²) in [7, 11) is -10.9. The first-order chi connectivity index (χ1) is 33.1. The Morgan fingerprint density at radius 3 is 2.03 bits per heavy atom. The highest BCUT2D eigenvalue weighted by Crippen LogP contribution is 2.60. The van der Waals surface area contributed by atoms with E-state index in [1.165, 1.54) is 12.5 Å². The van der Waals surface area contributed by atoms with E-state index < -0.39 is 83.7 Å². The lowest BCUT2D eigenvalue weighted by Gasteiger charge is -2.21. The van der Waals surface area contributed by atoms with Crippen LogP contribution in [0, 0.1) is 0 Å². The number of unbranched alkanes of at least 4 members (excludes halogenated alkanes) is 12. The molecule has 2 rings (SSSR count). The summed E-state index contributed by atoms with van der Waals surface area (Å²) >= 11 is 0. The predicted octanol–water partition coefficient (Wildman–Crippen LogP) is 8.73. The molecule has 0 radical (unpaired) electrons. The third-order valence-electron chi connectivity index (χ3n) is 10.6. The van der Waals surface area contributed by atoms with E-state index >= 15 is 0 Å². The van der Waals surface area contributed by atoms with Crippen molar-refractivity contribution in [2.24, 2.45) is 0 Å². The Bertz CT molecular complexity index is 1950. The molecule has 1 saturated heterocycles. The molecular weight excluding hydrogens is 936 g/mol. The van der Waals surface area contributed by atoms with Crippen LogP contribution in [0.1, 0.15) is 155 Å². The SMILES string of the molecule is CC/C=C\C/C=C\C/C=C\CCCCCCCC(=O)O[C@H](COC(=O)CCCCCCCC(=O)/C=C/C=C\CCCCC)COP(=O)(O)OP(=O)(O)OC[C@H]1O[C@@H](n2ccc(N)nc2=O)[C@H](O)[C@@H]1O. The van der Waals surface area contributed by atoms with E-state index in [1.54, 1.807) is 12.2 Å². The van der Waals surface area contributed by atoms with Gasteiger partial charge in [0.1, 0.15) is 30.7 Å². The van der Waals surface area contributed by atoms with Crippen molar-refractivity contribution in [2.45, 2.75) is 179 Å². The normalized spacial score (nSPS) is 19.8. The second-order valence-electron chi connectivity index (χ2n) is 16.6. The summed E-state index contributed by atoms with van der Waals surface area (Å²) in [6.45, 7) is 1.84. The van der Waals surface area contributed by atoms with E-state index in [9.17, 15) is 48.3 Å². The number of aliphatic hydroxyl groups excluding tert-OH is 2. The Kier molecular flexibility index (Phi) is 32.1. The molecule has 1 aliphatic rings. The number of carbonyl (C=O) groups excluding carboxylic acids is 3. The quantitative estimate of drug-likeness (QED) is 0.0103. The highest BCUT2D eigenvalue weighted by Gasteiger charge is 2.46. The van der Waals surface area contributed by atoms with E-state index in [1.807, 2.05) is 6.08 Å². The highest BCUT2D eigenvalue weighted by atomic mass is 31.3. The maximum Gasteiger partial charge on any atom is 0.481 e. The van der Waals surface area contributed by atoms with Gasteiger partial charge < -0.3 is 39.9 Å². The van der Waals surface area contributed by atoms with Gasteiger partial charge in [0.05, 0.1) is 13.2 Å². The molecule has 0 aromatic carbocycles. The number of ether oxygens (including phenoxy) is 3. The summed E-state index contributed by atoms with van der Waals surface area (Å²) in [6, 6.07) is 1.24. The number of nitrogens with zero attached hydrogens (tertiary/aromatic N) is 2. The standard InChI is InChI=1S/C48H77N3O16P2/c1-3-5-7-9-11-12-13-14-15-16-17-18-20-24-29-33-44(54)65-40(36-62-43(53)32-28-25-21-23-27-31-39(52)30-26-22-19-10-8-6-4-2)37-63-68(58,59)67-69(60,61)64-38-41-45(55)46(56)47(66-41)51-35-34-42(49)50-48(51)57/h5,7,11-12,14-15,19,22,26,30,34-35,40-41,45-47,55-56H,3-4,6,8-10,13,16-18,20-21,23-25,27-29,31-33,36-38H2,1-2H3,(H,58,59)(H,60,61)(H2,49,50,57)/b7-5-,12-11-,15-14-,22-19-,30-26+/t40-,41-,45-,46-,47-/m1/s1. The number of anilines is 1. The summed E-state index contributed by atoms with van der Waals surface area (Å²) in [6.07, 6.45) is 29.9. The van der Waals surface area contributed by atoms with Crippen LogP contribution in [0.25, 0.3) is 0 Å². The van der Waals surface area contributed by atoms with E-state index in [4.69, 9.17) is 29.0 Å². The van der Waals surface area contributed by atoms with Gasteiger partial charge in [-0.15, -0.1) is 0 Å². The number of ketones is 1. The number of aliphatic hydroxyl groups is 2. The third kappa shape index (κ3) is 29.2. The van der Waals surface area contributed by atoms with Crippen LogP contribution in [0.15, 0.2) is 77.8 Å². The molecule has 21 heteroatoms. The lowest BCUT2D eigenvalue weighted by Crippen LogP contribution is -2.36. The molecule has 1 aromatic rings. The van der Waals surface area contributed by atoms with Crippen LogP contribution < -0.4 is 11.4 Å². The van der Waals surface area contributed by atoms with Gasteiger partial charge in [-0.1, -0.05) is 120 Å². The summed E-state index contributed by atoms with van der Waals surface area (Å²) in [5, 5.41) is 20.9. The Balaban J connectivity index is 1.85. The minimum absolute atomic E-state index is 0.00325. The second-order valence-corrected chi connectivity index (χ2v) is 19.7. The third-order valence-corrected chi connectivity index (χ3v) is 13.2. The van der Waals surface area contributed by atoms with Crippen LogP contribution in [0.5, 0.6) is 0 Å². The van der Waals surface area contributed by atoms with Crippen molar-refractivity contribution in [1.82, 2.24) is 9.55 Å². The van der Waals surface area contributed by atoms with Gasteiger partial charge in [0.25, 0.3) is 0 Å². The first-order valence-electron chi connectivity index (χ1n) is 24.3. The molecule has 0 spiro atoms. The fraction of sp³-hybridized carbons (Fsp3) is 0.646. The highest BCUT2D eigenvalue weighted by molar-refractivity contribution is 7.61. The fourth-order valence-corrected chi connectivity index (χ4v) is 8.89. The van der Waals surface area contributed by atoms with Crippen molar-refractivity contribution in [3.05, 3.63) is 83.5 Å². The van der Waals surface area contributed by atoms with Crippen molar-refractivity contribution in [2.75, 3.05) is 25.6 Å². The molecular formula is C48H77N3O16P2. The number of carbonyl (C=O) groups is 3. The zero-order valence-corrected chi connectivity index (χ0v) is 42.1. The van der Waals surface area contributed by atoms with Gasteiger partial charge in [0.2, 0.25) is 0 Å². The number of nitrogens with two attached hydrogens (primary N) is 1. The molecule has 0 saturated carbocycles. The first-order valence-corrected chi connectivity index (χ1v) is 27.2. The number of hydrogen-bond acceptors (Lipinski definition) is 16. The molecule has 0 bridgehead atoms. The average molecular weight is 1010 g/mol. The molecule has 19 nitrogen and oxygen atoms in total. The van der Waals surface area contributed by atoms with Gasteiger partial charge in [0.15, 0.2) is 18.1 Å². The summed E-state index contributed by atoms with van der Waals surface area (Å²) in [5.41, 5.74) is 4.57. The molecule has 1 fully saturated rings. The molecule has 0 aliphatic carbocycles.